The first-order valence-corrected chi connectivity index (χ1v) is 6.54. The maximum Gasteiger partial charge on any atom is 0.257 e. The average Bonchev–Trinajstić information content (AvgIpc) is 2.46. The number of hydrogen-bond acceptors (Lipinski definition) is 3. The topological polar surface area (TPSA) is 61.4 Å². The molecule has 0 aromatic heterocycles. The minimum absolute atomic E-state index is 0.00593. The van der Waals surface area contributed by atoms with Crippen molar-refractivity contribution in [3.63, 3.8) is 0 Å². The largest absolute Gasteiger partial charge is 0.357 e. The predicted octanol–water partition coefficient (Wildman–Crippen LogP) is 0.294. The number of nitrogens with zero attached hydrogens (tertiary/aromatic N) is 1. The third kappa shape index (κ3) is 2.80. The van der Waals surface area contributed by atoms with Gasteiger partial charge in [-0.05, 0) is 24.6 Å². The van der Waals surface area contributed by atoms with Gasteiger partial charge in [-0.2, -0.15) is 0 Å². The monoisotopic (exact) mass is 279 g/mol. The molecule has 2 N–H and O–H groups in total. The summed E-state index contributed by atoms with van der Waals surface area (Å²) < 4.78 is 13.9. The third-order valence-corrected chi connectivity index (χ3v) is 3.41. The average molecular weight is 279 g/mol. The van der Waals surface area contributed by atoms with Gasteiger partial charge in [0.05, 0.1) is 5.56 Å². The van der Waals surface area contributed by atoms with Gasteiger partial charge >= 0.3 is 0 Å². The second-order valence-corrected chi connectivity index (χ2v) is 4.82. The second kappa shape index (κ2) is 6.00. The number of aryl methyl sites for hydroxylation is 1. The van der Waals surface area contributed by atoms with E-state index in [9.17, 15) is 14.0 Å². The van der Waals surface area contributed by atoms with Gasteiger partial charge in [0.1, 0.15) is 11.9 Å². The molecular formula is C14H18FN3O2. The van der Waals surface area contributed by atoms with Crippen LogP contribution in [-0.4, -0.2) is 49.4 Å². The summed E-state index contributed by atoms with van der Waals surface area (Å²) in [7, 11) is 1.52. The fourth-order valence-electron chi connectivity index (χ4n) is 2.30. The van der Waals surface area contributed by atoms with Gasteiger partial charge in [-0.1, -0.05) is 6.07 Å². The molecule has 1 aromatic rings. The zero-order valence-corrected chi connectivity index (χ0v) is 11.6. The van der Waals surface area contributed by atoms with Crippen molar-refractivity contribution in [3.8, 4) is 0 Å². The van der Waals surface area contributed by atoms with Crippen molar-refractivity contribution in [2.24, 2.45) is 0 Å². The molecule has 1 aliphatic heterocycles. The van der Waals surface area contributed by atoms with Crippen LogP contribution in [0.25, 0.3) is 0 Å². The lowest BCUT2D eigenvalue weighted by molar-refractivity contribution is -0.125. The van der Waals surface area contributed by atoms with Crippen molar-refractivity contribution in [3.05, 3.63) is 35.1 Å². The molecule has 1 unspecified atom stereocenters. The van der Waals surface area contributed by atoms with Crippen LogP contribution < -0.4 is 10.6 Å². The van der Waals surface area contributed by atoms with Gasteiger partial charge in [-0.25, -0.2) is 4.39 Å². The molecule has 2 rings (SSSR count). The number of halogens is 1. The van der Waals surface area contributed by atoms with Crippen LogP contribution in [-0.2, 0) is 4.79 Å². The lowest BCUT2D eigenvalue weighted by atomic mass is 10.1. The Bertz CT molecular complexity index is 533. The number of benzene rings is 1. The second-order valence-electron chi connectivity index (χ2n) is 4.82. The van der Waals surface area contributed by atoms with Gasteiger partial charge < -0.3 is 15.5 Å². The van der Waals surface area contributed by atoms with E-state index in [1.807, 2.05) is 0 Å². The number of rotatable bonds is 2. The highest BCUT2D eigenvalue weighted by Crippen LogP contribution is 2.15. The van der Waals surface area contributed by atoms with Crippen molar-refractivity contribution in [1.29, 1.82) is 0 Å². The number of carbonyl (C=O) groups excluding carboxylic acids is 2. The third-order valence-electron chi connectivity index (χ3n) is 3.41. The fourth-order valence-corrected chi connectivity index (χ4v) is 2.30. The van der Waals surface area contributed by atoms with E-state index in [1.54, 1.807) is 13.0 Å². The summed E-state index contributed by atoms with van der Waals surface area (Å²) in [5, 5.41) is 5.59. The molecule has 0 radical (unpaired) electrons. The quantitative estimate of drug-likeness (QED) is 0.818. The lowest BCUT2D eigenvalue weighted by Gasteiger charge is -2.35. The predicted molar refractivity (Wildman–Crippen MR) is 72.9 cm³/mol. The van der Waals surface area contributed by atoms with Crippen LogP contribution in [0.3, 0.4) is 0 Å². The van der Waals surface area contributed by atoms with E-state index in [0.717, 1.165) is 5.56 Å². The zero-order chi connectivity index (χ0) is 14.7. The summed E-state index contributed by atoms with van der Waals surface area (Å²) in [5.41, 5.74) is 0.758. The molecular weight excluding hydrogens is 261 g/mol. The number of nitrogens with one attached hydrogen (secondary N) is 2. The molecule has 108 valence electrons. The number of piperazine rings is 1. The maximum atomic E-state index is 13.9. The fraction of sp³-hybridized carbons (Fsp3) is 0.429. The number of hydrogen-bond donors (Lipinski definition) is 2. The van der Waals surface area contributed by atoms with Crippen molar-refractivity contribution in [2.75, 3.05) is 26.7 Å². The molecule has 5 nitrogen and oxygen atoms in total. The molecule has 1 atom stereocenters. The van der Waals surface area contributed by atoms with E-state index in [2.05, 4.69) is 10.6 Å². The van der Waals surface area contributed by atoms with Gasteiger partial charge in [0.2, 0.25) is 5.91 Å². The first-order valence-electron chi connectivity index (χ1n) is 6.54. The summed E-state index contributed by atoms with van der Waals surface area (Å²) in [4.78, 5) is 25.7. The molecule has 0 spiro atoms. The van der Waals surface area contributed by atoms with Gasteiger partial charge in [-0.15, -0.1) is 0 Å². The SMILES string of the molecule is CNC(=O)C1CNCCN1C(=O)c1ccc(C)cc1F. The highest BCUT2D eigenvalue weighted by molar-refractivity contribution is 5.98. The highest BCUT2D eigenvalue weighted by atomic mass is 19.1. The Morgan fingerprint density at radius 3 is 2.85 bits per heavy atom. The Kier molecular flexibility index (Phi) is 4.34. The molecule has 0 aliphatic carbocycles. The molecule has 1 fully saturated rings. The summed E-state index contributed by atoms with van der Waals surface area (Å²) >= 11 is 0. The van der Waals surface area contributed by atoms with Gasteiger partial charge in [0.25, 0.3) is 5.91 Å². The van der Waals surface area contributed by atoms with Gasteiger partial charge in [0, 0.05) is 26.7 Å². The first-order chi connectivity index (χ1) is 9.54. The lowest BCUT2D eigenvalue weighted by Crippen LogP contribution is -2.59. The van der Waals surface area contributed by atoms with Crippen LogP contribution in [0, 0.1) is 12.7 Å². The van der Waals surface area contributed by atoms with E-state index in [4.69, 9.17) is 0 Å². The van der Waals surface area contributed by atoms with Crippen molar-refractivity contribution in [1.82, 2.24) is 15.5 Å². The van der Waals surface area contributed by atoms with Crippen molar-refractivity contribution < 1.29 is 14.0 Å². The smallest absolute Gasteiger partial charge is 0.257 e. The Morgan fingerprint density at radius 1 is 1.45 bits per heavy atom. The number of likely N-dealkylation sites (N-methyl/N-ethyl adjacent to an activating group) is 1. The molecule has 1 aromatic carbocycles. The normalized spacial score (nSPS) is 18.8. The van der Waals surface area contributed by atoms with Gasteiger partial charge in [0.15, 0.2) is 0 Å². The Balaban J connectivity index is 2.27. The number of amides is 2. The first kappa shape index (κ1) is 14.5. The van der Waals surface area contributed by atoms with Crippen molar-refractivity contribution in [2.45, 2.75) is 13.0 Å². The molecule has 1 aliphatic rings. The van der Waals surface area contributed by atoms with Crippen molar-refractivity contribution >= 4 is 11.8 Å². The summed E-state index contributed by atoms with van der Waals surface area (Å²) in [5.74, 6) is -1.25. The molecule has 1 heterocycles. The molecule has 20 heavy (non-hydrogen) atoms. The molecule has 1 saturated heterocycles. The van der Waals surface area contributed by atoms with E-state index < -0.39 is 17.8 Å². The van der Waals surface area contributed by atoms with E-state index in [1.165, 1.54) is 24.1 Å². The zero-order valence-electron chi connectivity index (χ0n) is 11.6. The maximum absolute atomic E-state index is 13.9. The van der Waals surface area contributed by atoms with Gasteiger partial charge in [-0.3, -0.25) is 9.59 Å². The number of carbonyl (C=O) groups is 2. The molecule has 2 amide bonds. The van der Waals surface area contributed by atoms with E-state index >= 15 is 0 Å². The minimum Gasteiger partial charge on any atom is -0.357 e. The molecule has 6 heteroatoms. The van der Waals surface area contributed by atoms with E-state index in [-0.39, 0.29) is 11.5 Å². The van der Waals surface area contributed by atoms with Crippen LogP contribution in [0.4, 0.5) is 4.39 Å². The Labute approximate surface area is 117 Å². The van der Waals surface area contributed by atoms with Crippen LogP contribution in [0.1, 0.15) is 15.9 Å². The van der Waals surface area contributed by atoms with Crippen LogP contribution in [0.5, 0.6) is 0 Å². The van der Waals surface area contributed by atoms with E-state index in [0.29, 0.717) is 19.6 Å². The Morgan fingerprint density at radius 2 is 2.20 bits per heavy atom. The molecule has 0 saturated carbocycles. The Hall–Kier alpha value is -1.95. The summed E-state index contributed by atoms with van der Waals surface area (Å²) in [6, 6.07) is 3.87. The van der Waals surface area contributed by atoms with Crippen LogP contribution in [0.2, 0.25) is 0 Å². The van der Waals surface area contributed by atoms with Crippen LogP contribution >= 0.6 is 0 Å². The highest BCUT2D eigenvalue weighted by Gasteiger charge is 2.32. The standard InChI is InChI=1S/C14H18FN3O2/c1-9-3-4-10(11(15)7-9)14(20)18-6-5-17-8-12(18)13(19)16-2/h3-4,7,12,17H,5-6,8H2,1-2H3,(H,16,19). The minimum atomic E-state index is -0.609. The summed E-state index contributed by atoms with van der Waals surface area (Å²) in [6.07, 6.45) is 0. The van der Waals surface area contributed by atoms with Crippen LogP contribution in [0.15, 0.2) is 18.2 Å². The molecule has 0 bridgehead atoms. The summed E-state index contributed by atoms with van der Waals surface area (Å²) in [6.45, 7) is 3.10.